The predicted molar refractivity (Wildman–Crippen MR) is 80.5 cm³/mol. The van der Waals surface area contributed by atoms with Crippen LogP contribution < -0.4 is 0 Å². The minimum Gasteiger partial charge on any atom is -0.393 e. The monoisotopic (exact) mass is 292 g/mol. The topological polar surface area (TPSA) is 20.2 Å². The molecule has 1 nitrogen and oxygen atoms in total. The fraction of sp³-hybridized carbons (Fsp3) is 0.294. The number of aryl methyl sites for hydroxylation is 1. The Balaban J connectivity index is 1.80. The average Bonchev–Trinajstić information content (AvgIpc) is 2.44. The second kappa shape index (κ2) is 7.41. The molecule has 0 amide bonds. The molecule has 0 aliphatic heterocycles. The maximum absolute atomic E-state index is 13.1. The number of benzene rings is 2. The molecule has 0 aliphatic carbocycles. The third-order valence-corrected chi connectivity index (χ3v) is 3.68. The fourth-order valence-electron chi connectivity index (χ4n) is 2.24. The Morgan fingerprint density at radius 2 is 1.85 bits per heavy atom. The molecule has 0 bridgehead atoms. The third kappa shape index (κ3) is 4.62. The Bertz CT molecular complexity index is 542. The second-order valence-electron chi connectivity index (χ2n) is 4.97. The molecule has 0 saturated heterocycles. The van der Waals surface area contributed by atoms with Gasteiger partial charge in [0.25, 0.3) is 0 Å². The summed E-state index contributed by atoms with van der Waals surface area (Å²) in [5.41, 5.74) is 1.93. The van der Waals surface area contributed by atoms with E-state index >= 15 is 0 Å². The smallest absolute Gasteiger partial charge is 0.123 e. The first-order valence-corrected chi connectivity index (χ1v) is 7.19. The van der Waals surface area contributed by atoms with E-state index in [-0.39, 0.29) is 5.82 Å². The summed E-state index contributed by atoms with van der Waals surface area (Å²) in [6, 6.07) is 14.4. The molecule has 1 N–H and O–H groups in total. The highest BCUT2D eigenvalue weighted by molar-refractivity contribution is 6.31. The zero-order valence-corrected chi connectivity index (χ0v) is 12.0. The van der Waals surface area contributed by atoms with Gasteiger partial charge in [-0.15, -0.1) is 0 Å². The van der Waals surface area contributed by atoms with E-state index in [1.54, 1.807) is 0 Å². The minimum absolute atomic E-state index is 0.319. The lowest BCUT2D eigenvalue weighted by Gasteiger charge is -2.12. The van der Waals surface area contributed by atoms with Crippen molar-refractivity contribution >= 4 is 11.6 Å². The van der Waals surface area contributed by atoms with Crippen LogP contribution in [0.5, 0.6) is 0 Å². The van der Waals surface area contributed by atoms with Gasteiger partial charge in [0, 0.05) is 5.02 Å². The van der Waals surface area contributed by atoms with Gasteiger partial charge in [0.2, 0.25) is 0 Å². The van der Waals surface area contributed by atoms with Crippen molar-refractivity contribution in [1.82, 2.24) is 0 Å². The van der Waals surface area contributed by atoms with Crippen LogP contribution in [-0.2, 0) is 12.8 Å². The van der Waals surface area contributed by atoms with Crippen molar-refractivity contribution < 1.29 is 9.50 Å². The van der Waals surface area contributed by atoms with Gasteiger partial charge in [0.15, 0.2) is 0 Å². The lowest BCUT2D eigenvalue weighted by atomic mass is 10.0. The summed E-state index contributed by atoms with van der Waals surface area (Å²) in [5, 5.41) is 10.5. The molecule has 2 aromatic rings. The van der Waals surface area contributed by atoms with Crippen LogP contribution in [0.25, 0.3) is 0 Å². The Kier molecular flexibility index (Phi) is 5.57. The molecule has 0 spiro atoms. The van der Waals surface area contributed by atoms with Crippen LogP contribution in [0, 0.1) is 5.82 Å². The van der Waals surface area contributed by atoms with Gasteiger partial charge in [-0.05, 0) is 55.0 Å². The summed E-state index contributed by atoms with van der Waals surface area (Å²) in [7, 11) is 0. The lowest BCUT2D eigenvalue weighted by Crippen LogP contribution is -2.11. The molecule has 0 heterocycles. The van der Waals surface area contributed by atoms with E-state index in [0.29, 0.717) is 23.4 Å². The van der Waals surface area contributed by atoms with Crippen molar-refractivity contribution in [3.05, 3.63) is 70.5 Å². The highest BCUT2D eigenvalue weighted by Gasteiger charge is 2.09. The van der Waals surface area contributed by atoms with E-state index in [0.717, 1.165) is 12.8 Å². The zero-order valence-electron chi connectivity index (χ0n) is 11.2. The van der Waals surface area contributed by atoms with E-state index in [4.69, 9.17) is 11.6 Å². The summed E-state index contributed by atoms with van der Waals surface area (Å²) in [6.45, 7) is 0. The van der Waals surface area contributed by atoms with Gasteiger partial charge in [0.05, 0.1) is 6.10 Å². The summed E-state index contributed by atoms with van der Waals surface area (Å²) < 4.78 is 13.1. The molecule has 2 aromatic carbocycles. The summed E-state index contributed by atoms with van der Waals surface area (Å²) in [6.07, 6.45) is 2.43. The molecule has 1 atom stereocenters. The van der Waals surface area contributed by atoms with Crippen molar-refractivity contribution in [1.29, 1.82) is 0 Å². The van der Waals surface area contributed by atoms with E-state index in [1.807, 2.05) is 18.2 Å². The summed E-state index contributed by atoms with van der Waals surface area (Å²) in [5.74, 6) is -0.319. The van der Waals surface area contributed by atoms with Crippen LogP contribution in [-0.4, -0.2) is 11.2 Å². The normalized spacial score (nSPS) is 12.3. The Labute approximate surface area is 124 Å². The van der Waals surface area contributed by atoms with Crippen molar-refractivity contribution in [2.75, 3.05) is 0 Å². The minimum atomic E-state index is -0.488. The van der Waals surface area contributed by atoms with Gasteiger partial charge in [-0.3, -0.25) is 0 Å². The number of aliphatic hydroxyl groups is 1. The number of halogens is 2. The maximum Gasteiger partial charge on any atom is 0.123 e. The van der Waals surface area contributed by atoms with Gasteiger partial charge >= 0.3 is 0 Å². The summed E-state index contributed by atoms with van der Waals surface area (Å²) in [4.78, 5) is 0. The highest BCUT2D eigenvalue weighted by Crippen LogP contribution is 2.20. The first kappa shape index (κ1) is 15.0. The van der Waals surface area contributed by atoms with E-state index in [2.05, 4.69) is 12.1 Å². The van der Waals surface area contributed by atoms with Gasteiger partial charge in [-0.1, -0.05) is 41.9 Å². The summed E-state index contributed by atoms with van der Waals surface area (Å²) >= 11 is 5.99. The molecule has 20 heavy (non-hydrogen) atoms. The number of aliphatic hydroxyl groups excluding tert-OH is 1. The SMILES string of the molecule is OC(CCCc1ccccc1)Cc1cc(F)ccc1Cl. The largest absolute Gasteiger partial charge is 0.393 e. The fourth-order valence-corrected chi connectivity index (χ4v) is 2.44. The Hall–Kier alpha value is -1.38. The van der Waals surface area contributed by atoms with Gasteiger partial charge in [0.1, 0.15) is 5.82 Å². The Morgan fingerprint density at radius 3 is 2.60 bits per heavy atom. The van der Waals surface area contributed by atoms with Crippen molar-refractivity contribution in [3.8, 4) is 0 Å². The van der Waals surface area contributed by atoms with Crippen molar-refractivity contribution in [3.63, 3.8) is 0 Å². The molecule has 3 heteroatoms. The number of rotatable bonds is 6. The van der Waals surface area contributed by atoms with Crippen molar-refractivity contribution in [2.24, 2.45) is 0 Å². The van der Waals surface area contributed by atoms with Gasteiger partial charge in [-0.25, -0.2) is 4.39 Å². The predicted octanol–water partition coefficient (Wildman–Crippen LogP) is 4.41. The lowest BCUT2D eigenvalue weighted by molar-refractivity contribution is 0.162. The van der Waals surface area contributed by atoms with Gasteiger partial charge in [-0.2, -0.15) is 0 Å². The molecular formula is C17H18ClFO. The van der Waals surface area contributed by atoms with E-state index < -0.39 is 6.10 Å². The molecule has 1 unspecified atom stereocenters. The van der Waals surface area contributed by atoms with E-state index in [1.165, 1.54) is 23.8 Å². The van der Waals surface area contributed by atoms with Crippen LogP contribution in [0.15, 0.2) is 48.5 Å². The van der Waals surface area contributed by atoms with Gasteiger partial charge < -0.3 is 5.11 Å². The highest BCUT2D eigenvalue weighted by atomic mass is 35.5. The molecule has 0 aliphatic rings. The maximum atomic E-state index is 13.1. The molecule has 2 rings (SSSR count). The third-order valence-electron chi connectivity index (χ3n) is 3.31. The molecule has 0 aromatic heterocycles. The van der Waals surface area contributed by atoms with E-state index in [9.17, 15) is 9.50 Å². The zero-order chi connectivity index (χ0) is 14.4. The first-order valence-electron chi connectivity index (χ1n) is 6.81. The molecule has 106 valence electrons. The molecular weight excluding hydrogens is 275 g/mol. The average molecular weight is 293 g/mol. The first-order chi connectivity index (χ1) is 9.65. The molecule has 0 fully saturated rings. The standard InChI is InChI=1S/C17H18ClFO/c18-17-10-9-15(19)11-14(17)12-16(20)8-4-7-13-5-2-1-3-6-13/h1-3,5-6,9-11,16,20H,4,7-8,12H2. The van der Waals surface area contributed by atoms with Crippen LogP contribution in [0.1, 0.15) is 24.0 Å². The van der Waals surface area contributed by atoms with Crippen LogP contribution in [0.4, 0.5) is 4.39 Å². The number of hydrogen-bond acceptors (Lipinski definition) is 1. The van der Waals surface area contributed by atoms with Crippen LogP contribution in [0.2, 0.25) is 5.02 Å². The van der Waals surface area contributed by atoms with Crippen molar-refractivity contribution in [2.45, 2.75) is 31.8 Å². The molecule has 0 saturated carbocycles. The quantitative estimate of drug-likeness (QED) is 0.836. The second-order valence-corrected chi connectivity index (χ2v) is 5.38. The Morgan fingerprint density at radius 1 is 1.10 bits per heavy atom. The van der Waals surface area contributed by atoms with Crippen LogP contribution in [0.3, 0.4) is 0 Å². The number of hydrogen-bond donors (Lipinski definition) is 1. The molecule has 0 radical (unpaired) electrons. The van der Waals surface area contributed by atoms with Crippen LogP contribution >= 0.6 is 11.6 Å².